The molecule has 18 heavy (non-hydrogen) atoms. The zero-order chi connectivity index (χ0) is 13.9. The fraction of sp³-hybridized carbons (Fsp3) is 0.200. The minimum absolute atomic E-state index is 0.166. The summed E-state index contributed by atoms with van der Waals surface area (Å²) in [5.41, 5.74) is -0.287. The first-order chi connectivity index (χ1) is 8.19. The number of carbonyl (C=O) groups is 2. The predicted octanol–water partition coefficient (Wildman–Crippen LogP) is 0.513. The van der Waals surface area contributed by atoms with Crippen LogP contribution in [0.5, 0.6) is 0 Å². The third-order valence-electron chi connectivity index (χ3n) is 2.14. The van der Waals surface area contributed by atoms with Crippen LogP contribution in [0.1, 0.15) is 26.3 Å². The molecule has 0 aliphatic heterocycles. The van der Waals surface area contributed by atoms with Crippen LogP contribution in [0.3, 0.4) is 0 Å². The van der Waals surface area contributed by atoms with Crippen molar-refractivity contribution < 1.29 is 32.8 Å². The molecule has 1 aromatic carbocycles. The van der Waals surface area contributed by atoms with Gasteiger partial charge in [0, 0.05) is 0 Å². The molecule has 0 saturated heterocycles. The van der Waals surface area contributed by atoms with Crippen molar-refractivity contribution >= 4 is 22.1 Å². The molecule has 0 radical (unpaired) electrons. The quantitative estimate of drug-likeness (QED) is 0.667. The average molecular weight is 274 g/mol. The largest absolute Gasteiger partial charge is 0.478 e. The molecular weight excluding hydrogens is 264 g/mol. The van der Waals surface area contributed by atoms with E-state index in [0.29, 0.717) is 0 Å². The predicted molar refractivity (Wildman–Crippen MR) is 60.5 cm³/mol. The summed E-state index contributed by atoms with van der Waals surface area (Å²) >= 11 is 0. The van der Waals surface area contributed by atoms with Gasteiger partial charge in [-0.1, -0.05) is 0 Å². The summed E-state index contributed by atoms with van der Waals surface area (Å²) in [6.45, 7) is 0. The minimum Gasteiger partial charge on any atom is -0.478 e. The molecule has 0 atom stereocenters. The first kappa shape index (κ1) is 14.1. The molecular formula is C10H10O7S. The highest BCUT2D eigenvalue weighted by Crippen LogP contribution is 2.12. The van der Waals surface area contributed by atoms with E-state index in [0.717, 1.165) is 6.07 Å². The molecule has 0 bridgehead atoms. The number of carboxylic acids is 2. The highest BCUT2D eigenvalue weighted by molar-refractivity contribution is 7.85. The third-order valence-corrected chi connectivity index (χ3v) is 2.86. The number of aryl methyl sites for hydroxylation is 1. The lowest BCUT2D eigenvalue weighted by atomic mass is 10.0. The van der Waals surface area contributed by atoms with Gasteiger partial charge in [0.25, 0.3) is 10.1 Å². The van der Waals surface area contributed by atoms with Gasteiger partial charge < -0.3 is 10.2 Å². The number of rotatable bonds is 5. The summed E-state index contributed by atoms with van der Waals surface area (Å²) in [5.74, 6) is -3.23. The van der Waals surface area contributed by atoms with E-state index >= 15 is 0 Å². The number of carboxylic acid groups (broad SMARTS) is 2. The van der Waals surface area contributed by atoms with E-state index in [-0.39, 0.29) is 23.1 Å². The zero-order valence-corrected chi connectivity index (χ0v) is 9.85. The number of hydrogen-bond acceptors (Lipinski definition) is 4. The maximum absolute atomic E-state index is 10.8. The van der Waals surface area contributed by atoms with Crippen LogP contribution in [0.15, 0.2) is 18.2 Å². The smallest absolute Gasteiger partial charge is 0.335 e. The lowest BCUT2D eigenvalue weighted by molar-refractivity contribution is 0.0696. The molecule has 0 aromatic heterocycles. The molecule has 0 heterocycles. The van der Waals surface area contributed by atoms with Crippen molar-refractivity contribution in [2.45, 2.75) is 6.42 Å². The molecule has 0 saturated carbocycles. The average Bonchev–Trinajstić information content (AvgIpc) is 2.25. The van der Waals surface area contributed by atoms with E-state index in [4.69, 9.17) is 14.8 Å². The standard InChI is InChI=1S/C10H10O7S/c11-9(12)7-3-6(1-2-18(15,16)17)4-8(5-7)10(13)14/h3-5H,1-2H2,(H,11,12)(H,13,14)(H,15,16,17). The Labute approximate surface area is 102 Å². The molecule has 8 heteroatoms. The highest BCUT2D eigenvalue weighted by atomic mass is 32.2. The van der Waals surface area contributed by atoms with E-state index in [9.17, 15) is 18.0 Å². The lowest BCUT2D eigenvalue weighted by Gasteiger charge is -2.04. The van der Waals surface area contributed by atoms with Gasteiger partial charge in [-0.3, -0.25) is 4.55 Å². The molecule has 3 N–H and O–H groups in total. The van der Waals surface area contributed by atoms with Gasteiger partial charge in [-0.05, 0) is 30.2 Å². The number of hydrogen-bond donors (Lipinski definition) is 3. The van der Waals surface area contributed by atoms with Gasteiger partial charge in [0.1, 0.15) is 0 Å². The molecule has 0 spiro atoms. The zero-order valence-electron chi connectivity index (χ0n) is 9.03. The second kappa shape index (κ2) is 5.15. The van der Waals surface area contributed by atoms with Crippen LogP contribution >= 0.6 is 0 Å². The number of benzene rings is 1. The maximum atomic E-state index is 10.8. The van der Waals surface area contributed by atoms with Gasteiger partial charge in [0.15, 0.2) is 0 Å². The van der Waals surface area contributed by atoms with E-state index in [1.165, 1.54) is 12.1 Å². The third kappa shape index (κ3) is 4.15. The van der Waals surface area contributed by atoms with Gasteiger partial charge in [-0.15, -0.1) is 0 Å². The van der Waals surface area contributed by atoms with Crippen molar-refractivity contribution in [3.05, 3.63) is 34.9 Å². The van der Waals surface area contributed by atoms with Gasteiger partial charge in [0.05, 0.1) is 16.9 Å². The van der Waals surface area contributed by atoms with Crippen molar-refractivity contribution in [2.75, 3.05) is 5.75 Å². The van der Waals surface area contributed by atoms with Crippen LogP contribution in [-0.2, 0) is 16.5 Å². The van der Waals surface area contributed by atoms with Crippen LogP contribution in [-0.4, -0.2) is 40.9 Å². The topological polar surface area (TPSA) is 129 Å². The van der Waals surface area contributed by atoms with Crippen LogP contribution in [0.4, 0.5) is 0 Å². The fourth-order valence-electron chi connectivity index (χ4n) is 1.33. The van der Waals surface area contributed by atoms with Crippen LogP contribution < -0.4 is 0 Å². The van der Waals surface area contributed by atoms with Gasteiger partial charge in [0.2, 0.25) is 0 Å². The van der Waals surface area contributed by atoms with Crippen molar-refractivity contribution in [1.82, 2.24) is 0 Å². The van der Waals surface area contributed by atoms with Crippen molar-refractivity contribution in [2.24, 2.45) is 0 Å². The SMILES string of the molecule is O=C(O)c1cc(CCS(=O)(=O)O)cc(C(=O)O)c1. The molecule has 0 aliphatic rings. The molecule has 1 aromatic rings. The first-order valence-corrected chi connectivity index (χ1v) is 6.35. The Balaban J connectivity index is 3.11. The molecule has 0 amide bonds. The van der Waals surface area contributed by atoms with Crippen LogP contribution in [0, 0.1) is 0 Å². The molecule has 0 unspecified atom stereocenters. The first-order valence-electron chi connectivity index (χ1n) is 4.75. The summed E-state index contributed by atoms with van der Waals surface area (Å²) in [7, 11) is -4.18. The second-order valence-corrected chi connectivity index (χ2v) is 5.14. The summed E-state index contributed by atoms with van der Waals surface area (Å²) in [4.78, 5) is 21.5. The molecule has 0 fully saturated rings. The Morgan fingerprint density at radius 2 is 1.44 bits per heavy atom. The maximum Gasteiger partial charge on any atom is 0.335 e. The lowest BCUT2D eigenvalue weighted by Crippen LogP contribution is -2.09. The molecule has 7 nitrogen and oxygen atoms in total. The monoisotopic (exact) mass is 274 g/mol. The normalized spacial score (nSPS) is 11.2. The Morgan fingerprint density at radius 1 is 1.00 bits per heavy atom. The van der Waals surface area contributed by atoms with Crippen LogP contribution in [0.2, 0.25) is 0 Å². The fourth-order valence-corrected chi connectivity index (χ4v) is 1.82. The van der Waals surface area contributed by atoms with Crippen molar-refractivity contribution in [3.8, 4) is 0 Å². The summed E-state index contributed by atoms with van der Waals surface area (Å²) in [5, 5.41) is 17.6. The van der Waals surface area contributed by atoms with E-state index in [2.05, 4.69) is 0 Å². The van der Waals surface area contributed by atoms with E-state index in [1.54, 1.807) is 0 Å². The Bertz CT molecular complexity index is 556. The minimum atomic E-state index is -4.18. The Kier molecular flexibility index (Phi) is 4.04. The molecule has 1 rings (SSSR count). The second-order valence-electron chi connectivity index (χ2n) is 3.56. The van der Waals surface area contributed by atoms with Gasteiger partial charge in [-0.2, -0.15) is 8.42 Å². The Hall–Kier alpha value is -1.93. The van der Waals surface area contributed by atoms with Crippen molar-refractivity contribution in [3.63, 3.8) is 0 Å². The molecule has 98 valence electrons. The summed E-state index contributed by atoms with van der Waals surface area (Å²) in [6, 6.07) is 3.31. The van der Waals surface area contributed by atoms with Crippen molar-refractivity contribution in [1.29, 1.82) is 0 Å². The number of aromatic carboxylic acids is 2. The van der Waals surface area contributed by atoms with E-state index < -0.39 is 27.8 Å². The molecule has 0 aliphatic carbocycles. The highest BCUT2D eigenvalue weighted by Gasteiger charge is 2.13. The Morgan fingerprint density at radius 3 is 1.78 bits per heavy atom. The van der Waals surface area contributed by atoms with Crippen LogP contribution in [0.25, 0.3) is 0 Å². The summed E-state index contributed by atoms with van der Waals surface area (Å²) in [6.07, 6.45) is -0.166. The summed E-state index contributed by atoms with van der Waals surface area (Å²) < 4.78 is 29.7. The van der Waals surface area contributed by atoms with Gasteiger partial charge in [-0.25, -0.2) is 9.59 Å². The van der Waals surface area contributed by atoms with E-state index in [1.807, 2.05) is 0 Å². The van der Waals surface area contributed by atoms with Gasteiger partial charge >= 0.3 is 11.9 Å².